The van der Waals surface area contributed by atoms with E-state index >= 15 is 0 Å². The normalized spacial score (nSPS) is 11.9. The molecule has 0 spiro atoms. The number of ether oxygens (including phenoxy) is 2. The van der Waals surface area contributed by atoms with Crippen molar-refractivity contribution in [2.75, 3.05) is 20.8 Å². The van der Waals surface area contributed by atoms with Crippen molar-refractivity contribution in [3.05, 3.63) is 77.5 Å². The third-order valence-electron chi connectivity index (χ3n) is 5.15. The fourth-order valence-corrected chi connectivity index (χ4v) is 3.41. The lowest BCUT2D eigenvalue weighted by atomic mass is 10.1. The van der Waals surface area contributed by atoms with Gasteiger partial charge in [0.25, 0.3) is 5.91 Å². The Labute approximate surface area is 183 Å². The molecule has 0 aliphatic rings. The molecule has 7 heteroatoms. The molecule has 2 aromatic carbocycles. The van der Waals surface area contributed by atoms with Gasteiger partial charge in [0, 0.05) is 24.7 Å². The van der Waals surface area contributed by atoms with E-state index in [0.717, 1.165) is 17.1 Å². The number of benzene rings is 2. The van der Waals surface area contributed by atoms with Gasteiger partial charge < -0.3 is 19.2 Å². The molecule has 7 nitrogen and oxygen atoms in total. The van der Waals surface area contributed by atoms with E-state index in [2.05, 4.69) is 34.3 Å². The van der Waals surface area contributed by atoms with E-state index in [1.807, 2.05) is 43.3 Å². The highest BCUT2D eigenvalue weighted by Crippen LogP contribution is 2.30. The first-order valence-electron chi connectivity index (χ1n) is 10.3. The molecule has 31 heavy (non-hydrogen) atoms. The molecule has 0 aliphatic carbocycles. The highest BCUT2D eigenvalue weighted by Gasteiger charge is 2.22. The number of nitrogens with one attached hydrogen (secondary N) is 1. The lowest BCUT2D eigenvalue weighted by Crippen LogP contribution is -2.27. The van der Waals surface area contributed by atoms with Crippen LogP contribution < -0.4 is 14.8 Å². The topological polar surface area (TPSA) is 76.8 Å². The van der Waals surface area contributed by atoms with E-state index in [4.69, 9.17) is 13.9 Å². The summed E-state index contributed by atoms with van der Waals surface area (Å²) in [6, 6.07) is 16.0. The molecule has 1 aromatic heterocycles. The summed E-state index contributed by atoms with van der Waals surface area (Å²) < 4.78 is 16.6. The maximum absolute atomic E-state index is 12.1. The summed E-state index contributed by atoms with van der Waals surface area (Å²) in [6.45, 7) is 5.54. The van der Waals surface area contributed by atoms with Crippen molar-refractivity contribution in [1.29, 1.82) is 0 Å². The third kappa shape index (κ3) is 5.64. The molecule has 0 unspecified atom stereocenters. The third-order valence-corrected chi connectivity index (χ3v) is 5.15. The number of carbonyl (C=O) groups is 1. The van der Waals surface area contributed by atoms with Crippen molar-refractivity contribution in [3.8, 4) is 11.5 Å². The average molecular weight is 424 g/mol. The van der Waals surface area contributed by atoms with Crippen LogP contribution in [-0.2, 0) is 13.1 Å². The average Bonchev–Trinajstić information content (AvgIpc) is 3.27. The quantitative estimate of drug-likeness (QED) is 0.527. The second-order valence-corrected chi connectivity index (χ2v) is 7.16. The zero-order chi connectivity index (χ0) is 22.2. The Kier molecular flexibility index (Phi) is 7.67. The van der Waals surface area contributed by atoms with Gasteiger partial charge in [0.1, 0.15) is 17.8 Å². The maximum Gasteiger partial charge on any atom is 0.273 e. The van der Waals surface area contributed by atoms with E-state index in [9.17, 15) is 4.79 Å². The van der Waals surface area contributed by atoms with E-state index in [1.54, 1.807) is 14.2 Å². The predicted octanol–water partition coefficient (Wildman–Crippen LogP) is 4.20. The van der Waals surface area contributed by atoms with Crippen LogP contribution >= 0.6 is 0 Å². The summed E-state index contributed by atoms with van der Waals surface area (Å²) in [4.78, 5) is 18.7. The van der Waals surface area contributed by atoms with Crippen molar-refractivity contribution in [2.24, 2.45) is 0 Å². The molecule has 0 saturated heterocycles. The number of methoxy groups -OCH3 is 2. The minimum absolute atomic E-state index is 0.0666. The van der Waals surface area contributed by atoms with Crippen LogP contribution in [0, 0.1) is 0 Å². The number of aromatic nitrogens is 1. The predicted molar refractivity (Wildman–Crippen MR) is 118 cm³/mol. The van der Waals surface area contributed by atoms with Crippen LogP contribution in [0.3, 0.4) is 0 Å². The van der Waals surface area contributed by atoms with Crippen LogP contribution in [0.15, 0.2) is 59.2 Å². The molecule has 0 saturated carbocycles. The smallest absolute Gasteiger partial charge is 0.273 e. The number of oxazole rings is 1. The Bertz CT molecular complexity index is 987. The standard InChI is InChI=1S/C24H29N3O4/c1-5-25-24(28)21-16-31-23(26-21)15-27(17(2)18-9-7-6-8-10-18)14-19-13-20(29-3)11-12-22(19)30-4/h6-13,16-17H,5,14-15H2,1-4H3,(H,25,28)/t17-/m0/s1. The molecule has 0 radical (unpaired) electrons. The molecule has 0 fully saturated rings. The van der Waals surface area contributed by atoms with Crippen LogP contribution in [0.4, 0.5) is 0 Å². The largest absolute Gasteiger partial charge is 0.497 e. The van der Waals surface area contributed by atoms with Gasteiger partial charge in [-0.1, -0.05) is 30.3 Å². The first-order valence-corrected chi connectivity index (χ1v) is 10.3. The number of hydrogen-bond acceptors (Lipinski definition) is 6. The maximum atomic E-state index is 12.1. The molecular formula is C24H29N3O4. The van der Waals surface area contributed by atoms with Gasteiger partial charge in [-0.3, -0.25) is 9.69 Å². The van der Waals surface area contributed by atoms with Gasteiger partial charge in [-0.05, 0) is 37.6 Å². The van der Waals surface area contributed by atoms with Crippen molar-refractivity contribution < 1.29 is 18.7 Å². The van der Waals surface area contributed by atoms with Gasteiger partial charge in [-0.2, -0.15) is 0 Å². The van der Waals surface area contributed by atoms with E-state index in [0.29, 0.717) is 25.5 Å². The van der Waals surface area contributed by atoms with Gasteiger partial charge in [-0.25, -0.2) is 4.98 Å². The SMILES string of the molecule is CCNC(=O)c1coc(CN(Cc2cc(OC)ccc2OC)[C@@H](C)c2ccccc2)n1. The van der Waals surface area contributed by atoms with Crippen molar-refractivity contribution >= 4 is 5.91 Å². The van der Waals surface area contributed by atoms with Crippen LogP contribution in [0.2, 0.25) is 0 Å². The highest BCUT2D eigenvalue weighted by atomic mass is 16.5. The first-order chi connectivity index (χ1) is 15.0. The molecule has 0 bridgehead atoms. The first kappa shape index (κ1) is 22.4. The van der Waals surface area contributed by atoms with Gasteiger partial charge >= 0.3 is 0 Å². The molecule has 1 heterocycles. The molecular weight excluding hydrogens is 394 g/mol. The van der Waals surface area contributed by atoms with Crippen molar-refractivity contribution in [1.82, 2.24) is 15.2 Å². The molecule has 1 amide bonds. The minimum atomic E-state index is -0.241. The summed E-state index contributed by atoms with van der Waals surface area (Å²) in [5.74, 6) is 1.78. The van der Waals surface area contributed by atoms with Gasteiger partial charge in [0.05, 0.1) is 20.8 Å². The lowest BCUT2D eigenvalue weighted by Gasteiger charge is -2.29. The fraction of sp³-hybridized carbons (Fsp3) is 0.333. The van der Waals surface area contributed by atoms with E-state index in [1.165, 1.54) is 11.8 Å². The Hall–Kier alpha value is -3.32. The van der Waals surface area contributed by atoms with Gasteiger partial charge in [-0.15, -0.1) is 0 Å². The number of hydrogen-bond donors (Lipinski definition) is 1. The van der Waals surface area contributed by atoms with E-state index in [-0.39, 0.29) is 17.6 Å². The minimum Gasteiger partial charge on any atom is -0.497 e. The molecule has 1 N–H and O–H groups in total. The second kappa shape index (κ2) is 10.6. The number of carbonyl (C=O) groups excluding carboxylic acids is 1. The van der Waals surface area contributed by atoms with Crippen LogP contribution in [0.1, 0.15) is 47.4 Å². The fourth-order valence-electron chi connectivity index (χ4n) is 3.41. The number of rotatable bonds is 10. The van der Waals surface area contributed by atoms with Crippen molar-refractivity contribution in [3.63, 3.8) is 0 Å². The zero-order valence-corrected chi connectivity index (χ0v) is 18.4. The van der Waals surface area contributed by atoms with Crippen LogP contribution in [0.25, 0.3) is 0 Å². The number of nitrogens with zero attached hydrogens (tertiary/aromatic N) is 2. The van der Waals surface area contributed by atoms with E-state index < -0.39 is 0 Å². The van der Waals surface area contributed by atoms with Gasteiger partial charge in [0.15, 0.2) is 5.69 Å². The summed E-state index contributed by atoms with van der Waals surface area (Å²) in [5, 5.41) is 2.74. The van der Waals surface area contributed by atoms with Crippen molar-refractivity contribution in [2.45, 2.75) is 33.0 Å². The molecule has 3 rings (SSSR count). The Morgan fingerprint density at radius 1 is 1.13 bits per heavy atom. The summed E-state index contributed by atoms with van der Waals surface area (Å²) in [6.07, 6.45) is 1.40. The van der Waals surface area contributed by atoms with Gasteiger partial charge in [0.2, 0.25) is 5.89 Å². The second-order valence-electron chi connectivity index (χ2n) is 7.16. The summed E-state index contributed by atoms with van der Waals surface area (Å²) in [5.41, 5.74) is 2.43. The summed E-state index contributed by atoms with van der Waals surface area (Å²) >= 11 is 0. The Morgan fingerprint density at radius 2 is 1.90 bits per heavy atom. The molecule has 1 atom stereocenters. The zero-order valence-electron chi connectivity index (χ0n) is 18.4. The highest BCUT2D eigenvalue weighted by molar-refractivity contribution is 5.91. The Morgan fingerprint density at radius 3 is 2.58 bits per heavy atom. The van der Waals surface area contributed by atoms with Crippen LogP contribution in [-0.4, -0.2) is 36.6 Å². The number of amides is 1. The molecule has 3 aromatic rings. The molecule has 164 valence electrons. The van der Waals surface area contributed by atoms with Crippen LogP contribution in [0.5, 0.6) is 11.5 Å². The monoisotopic (exact) mass is 423 g/mol. The Balaban J connectivity index is 1.90. The lowest BCUT2D eigenvalue weighted by molar-refractivity contribution is 0.0950. The molecule has 0 aliphatic heterocycles. The summed E-state index contributed by atoms with van der Waals surface area (Å²) in [7, 11) is 3.30.